The molecule has 2 rings (SSSR count). The van der Waals surface area contributed by atoms with Gasteiger partial charge < -0.3 is 5.73 Å². The molecule has 0 spiro atoms. The van der Waals surface area contributed by atoms with Gasteiger partial charge in [0, 0.05) is 12.1 Å². The van der Waals surface area contributed by atoms with Crippen molar-refractivity contribution in [3.05, 3.63) is 63.7 Å². The molecule has 0 radical (unpaired) electrons. The van der Waals surface area contributed by atoms with E-state index in [9.17, 15) is 14.9 Å². The van der Waals surface area contributed by atoms with Crippen molar-refractivity contribution in [3.63, 3.8) is 0 Å². The first-order valence-corrected chi connectivity index (χ1v) is 5.61. The van der Waals surface area contributed by atoms with Crippen LogP contribution >= 0.6 is 0 Å². The third-order valence-electron chi connectivity index (χ3n) is 2.80. The van der Waals surface area contributed by atoms with E-state index in [1.54, 1.807) is 24.3 Å². The van der Waals surface area contributed by atoms with E-state index in [0.29, 0.717) is 16.7 Å². The van der Waals surface area contributed by atoms with Gasteiger partial charge in [-0.3, -0.25) is 14.9 Å². The smallest absolute Gasteiger partial charge is 0.270 e. The highest BCUT2D eigenvalue weighted by Gasteiger charge is 2.15. The first-order valence-electron chi connectivity index (χ1n) is 5.61. The standard InChI is InChI=1S/C14H9N3O3/c15-8-9-1-3-10(4-2-9)12-6-5-11(17(19)20)7-13(12)14(16)18/h1-7H,(H2,16,18). The van der Waals surface area contributed by atoms with E-state index in [-0.39, 0.29) is 11.3 Å². The van der Waals surface area contributed by atoms with Crippen LogP contribution in [0.3, 0.4) is 0 Å². The van der Waals surface area contributed by atoms with Crippen LogP contribution in [0.4, 0.5) is 5.69 Å². The van der Waals surface area contributed by atoms with E-state index >= 15 is 0 Å². The summed E-state index contributed by atoms with van der Waals surface area (Å²) in [7, 11) is 0. The molecule has 0 aliphatic carbocycles. The zero-order chi connectivity index (χ0) is 14.7. The Morgan fingerprint density at radius 2 is 1.85 bits per heavy atom. The molecular weight excluding hydrogens is 258 g/mol. The van der Waals surface area contributed by atoms with Crippen LogP contribution in [0, 0.1) is 21.4 Å². The van der Waals surface area contributed by atoms with Crippen molar-refractivity contribution in [1.29, 1.82) is 5.26 Å². The highest BCUT2D eigenvalue weighted by molar-refractivity contribution is 6.00. The molecule has 2 aromatic carbocycles. The molecular formula is C14H9N3O3. The predicted octanol–water partition coefficient (Wildman–Crippen LogP) is 2.23. The summed E-state index contributed by atoms with van der Waals surface area (Å²) >= 11 is 0. The lowest BCUT2D eigenvalue weighted by molar-refractivity contribution is -0.384. The van der Waals surface area contributed by atoms with Gasteiger partial charge in [0.25, 0.3) is 5.69 Å². The molecule has 0 saturated carbocycles. The lowest BCUT2D eigenvalue weighted by atomic mass is 9.98. The van der Waals surface area contributed by atoms with E-state index in [1.165, 1.54) is 12.1 Å². The molecule has 0 fully saturated rings. The predicted molar refractivity (Wildman–Crippen MR) is 71.8 cm³/mol. The van der Waals surface area contributed by atoms with Crippen molar-refractivity contribution in [2.45, 2.75) is 0 Å². The number of rotatable bonds is 3. The summed E-state index contributed by atoms with van der Waals surface area (Å²) < 4.78 is 0. The molecule has 20 heavy (non-hydrogen) atoms. The van der Waals surface area contributed by atoms with Crippen LogP contribution in [0.25, 0.3) is 11.1 Å². The molecule has 0 bridgehead atoms. The lowest BCUT2D eigenvalue weighted by Crippen LogP contribution is -2.12. The van der Waals surface area contributed by atoms with E-state index in [1.807, 2.05) is 6.07 Å². The molecule has 0 saturated heterocycles. The number of nitro groups is 1. The second-order valence-electron chi connectivity index (χ2n) is 4.04. The van der Waals surface area contributed by atoms with Gasteiger partial charge in [-0.1, -0.05) is 12.1 Å². The van der Waals surface area contributed by atoms with Crippen molar-refractivity contribution in [3.8, 4) is 17.2 Å². The number of amides is 1. The van der Waals surface area contributed by atoms with Crippen molar-refractivity contribution >= 4 is 11.6 Å². The summed E-state index contributed by atoms with van der Waals surface area (Å²) in [5.74, 6) is -0.743. The largest absolute Gasteiger partial charge is 0.366 e. The van der Waals surface area contributed by atoms with Crippen molar-refractivity contribution in [2.75, 3.05) is 0 Å². The van der Waals surface area contributed by atoms with Gasteiger partial charge in [-0.15, -0.1) is 0 Å². The number of hydrogen-bond acceptors (Lipinski definition) is 4. The van der Waals surface area contributed by atoms with Crippen LogP contribution < -0.4 is 5.73 Å². The molecule has 0 heterocycles. The third-order valence-corrected chi connectivity index (χ3v) is 2.80. The Kier molecular flexibility index (Phi) is 3.44. The summed E-state index contributed by atoms with van der Waals surface area (Å²) in [5.41, 5.74) is 6.77. The average molecular weight is 267 g/mol. The second-order valence-corrected chi connectivity index (χ2v) is 4.04. The Morgan fingerprint density at radius 1 is 1.20 bits per heavy atom. The zero-order valence-electron chi connectivity index (χ0n) is 10.2. The highest BCUT2D eigenvalue weighted by Crippen LogP contribution is 2.27. The number of nitriles is 1. The van der Waals surface area contributed by atoms with Crippen LogP contribution in [-0.2, 0) is 0 Å². The fourth-order valence-electron chi connectivity index (χ4n) is 1.83. The number of carbonyl (C=O) groups excluding carboxylic acids is 1. The Bertz CT molecular complexity index is 730. The van der Waals surface area contributed by atoms with Crippen LogP contribution in [-0.4, -0.2) is 10.8 Å². The number of non-ortho nitro benzene ring substituents is 1. The van der Waals surface area contributed by atoms with Gasteiger partial charge in [0.15, 0.2) is 0 Å². The Balaban J connectivity index is 2.58. The van der Waals surface area contributed by atoms with E-state index < -0.39 is 10.8 Å². The fourth-order valence-corrected chi connectivity index (χ4v) is 1.83. The van der Waals surface area contributed by atoms with Gasteiger partial charge in [0.1, 0.15) is 0 Å². The van der Waals surface area contributed by atoms with Crippen LogP contribution in [0.5, 0.6) is 0 Å². The third kappa shape index (κ3) is 2.47. The molecule has 0 aliphatic heterocycles. The monoisotopic (exact) mass is 267 g/mol. The molecule has 2 N–H and O–H groups in total. The molecule has 0 unspecified atom stereocenters. The summed E-state index contributed by atoms with van der Waals surface area (Å²) in [6.07, 6.45) is 0. The minimum Gasteiger partial charge on any atom is -0.366 e. The van der Waals surface area contributed by atoms with Gasteiger partial charge in [0.2, 0.25) is 5.91 Å². The summed E-state index contributed by atoms with van der Waals surface area (Å²) in [5, 5.41) is 19.5. The SMILES string of the molecule is N#Cc1ccc(-c2ccc([N+](=O)[O-])cc2C(N)=O)cc1. The minimum atomic E-state index is -0.743. The summed E-state index contributed by atoms with van der Waals surface area (Å²) in [6, 6.07) is 12.4. The number of primary amides is 1. The highest BCUT2D eigenvalue weighted by atomic mass is 16.6. The van der Waals surface area contributed by atoms with Gasteiger partial charge in [-0.2, -0.15) is 5.26 Å². The lowest BCUT2D eigenvalue weighted by Gasteiger charge is -2.07. The molecule has 98 valence electrons. The fraction of sp³-hybridized carbons (Fsp3) is 0. The Hall–Kier alpha value is -3.20. The van der Waals surface area contributed by atoms with Gasteiger partial charge in [-0.05, 0) is 29.3 Å². The molecule has 6 heteroatoms. The number of nitro benzene ring substituents is 1. The molecule has 6 nitrogen and oxygen atoms in total. The van der Waals surface area contributed by atoms with Gasteiger partial charge in [-0.25, -0.2) is 0 Å². The molecule has 0 atom stereocenters. The average Bonchev–Trinajstić information content (AvgIpc) is 2.46. The maximum absolute atomic E-state index is 11.4. The van der Waals surface area contributed by atoms with Crippen LogP contribution in [0.15, 0.2) is 42.5 Å². The topological polar surface area (TPSA) is 110 Å². The quantitative estimate of drug-likeness (QED) is 0.678. The molecule has 0 aromatic heterocycles. The van der Waals surface area contributed by atoms with E-state index in [4.69, 9.17) is 11.0 Å². The molecule has 0 aliphatic rings. The van der Waals surface area contributed by atoms with Crippen LogP contribution in [0.1, 0.15) is 15.9 Å². The summed E-state index contributed by atoms with van der Waals surface area (Å²) in [6.45, 7) is 0. The Morgan fingerprint density at radius 3 is 2.35 bits per heavy atom. The maximum Gasteiger partial charge on any atom is 0.270 e. The maximum atomic E-state index is 11.4. The number of benzene rings is 2. The first-order chi connectivity index (χ1) is 9.52. The number of hydrogen-bond donors (Lipinski definition) is 1. The summed E-state index contributed by atoms with van der Waals surface area (Å²) in [4.78, 5) is 21.6. The molecule has 1 amide bonds. The zero-order valence-corrected chi connectivity index (χ0v) is 10.2. The van der Waals surface area contributed by atoms with Crippen molar-refractivity contribution < 1.29 is 9.72 Å². The van der Waals surface area contributed by atoms with E-state index in [2.05, 4.69) is 0 Å². The minimum absolute atomic E-state index is 0.0731. The molecule has 2 aromatic rings. The van der Waals surface area contributed by atoms with Gasteiger partial charge in [0.05, 0.1) is 22.1 Å². The number of nitrogens with zero attached hydrogens (tertiary/aromatic N) is 2. The normalized spacial score (nSPS) is 9.75. The second kappa shape index (κ2) is 5.20. The van der Waals surface area contributed by atoms with E-state index in [0.717, 1.165) is 6.07 Å². The van der Waals surface area contributed by atoms with Crippen molar-refractivity contribution in [1.82, 2.24) is 0 Å². The van der Waals surface area contributed by atoms with Crippen LogP contribution in [0.2, 0.25) is 0 Å². The number of carbonyl (C=O) groups is 1. The Labute approximate surface area is 114 Å². The first kappa shape index (κ1) is 13.2. The number of nitrogens with two attached hydrogens (primary N) is 1. The van der Waals surface area contributed by atoms with Gasteiger partial charge >= 0.3 is 0 Å². The van der Waals surface area contributed by atoms with Crippen molar-refractivity contribution in [2.24, 2.45) is 5.73 Å².